The molecule has 1 aliphatic carbocycles. The van der Waals surface area contributed by atoms with Crippen molar-refractivity contribution in [3.8, 4) is 0 Å². The van der Waals surface area contributed by atoms with Gasteiger partial charge in [0.05, 0.1) is 28.2 Å². The van der Waals surface area contributed by atoms with Gasteiger partial charge in [0.2, 0.25) is 0 Å². The number of benzene rings is 1. The molecule has 0 radical (unpaired) electrons. The standard InChI is InChI=1S/C20H19NS.H2O3S/c1-2-3-12-20(18-11-7-14-22-18)13-6-9-16-15-8-4-5-10-17(15)21-19(16)20;1-4(2)3/h4-11,13-14H,2-3,12H2,1H3;(H2,1,2,3)/p-1. The summed E-state index contributed by atoms with van der Waals surface area (Å²) in [7, 11) is 0. The van der Waals surface area contributed by atoms with E-state index in [1.165, 1.54) is 34.6 Å². The number of rotatable bonds is 4. The lowest BCUT2D eigenvalue weighted by atomic mass is 9.71. The van der Waals surface area contributed by atoms with Crippen LogP contribution >= 0.6 is 11.3 Å². The molecule has 26 heavy (non-hydrogen) atoms. The normalized spacial score (nSPS) is 21.0. The molecule has 136 valence electrons. The molecule has 2 aliphatic rings. The molecule has 1 aromatic heterocycles. The van der Waals surface area contributed by atoms with E-state index < -0.39 is 11.4 Å². The van der Waals surface area contributed by atoms with Crippen LogP contribution in [0.5, 0.6) is 0 Å². The van der Waals surface area contributed by atoms with E-state index in [-0.39, 0.29) is 5.41 Å². The maximum absolute atomic E-state index is 8.56. The van der Waals surface area contributed by atoms with Crippen LogP contribution in [0.2, 0.25) is 0 Å². The van der Waals surface area contributed by atoms with Crippen LogP contribution in [0.15, 0.2) is 65.0 Å². The molecule has 2 heterocycles. The highest BCUT2D eigenvalue weighted by atomic mass is 32.2. The molecule has 4 nitrogen and oxygen atoms in total. The van der Waals surface area contributed by atoms with Gasteiger partial charge in [0.25, 0.3) is 0 Å². The average Bonchev–Trinajstić information content (AvgIpc) is 3.28. The van der Waals surface area contributed by atoms with Crippen LogP contribution in [0.4, 0.5) is 5.69 Å². The molecule has 0 spiro atoms. The lowest BCUT2D eigenvalue weighted by Gasteiger charge is -2.33. The highest BCUT2D eigenvalue weighted by molar-refractivity contribution is 7.73. The zero-order chi connectivity index (χ0) is 18.6. The first-order chi connectivity index (χ1) is 12.6. The van der Waals surface area contributed by atoms with Crippen molar-refractivity contribution in [3.05, 3.63) is 70.4 Å². The Morgan fingerprint density at radius 1 is 1.27 bits per heavy atom. The number of hydrogen-bond acceptors (Lipinski definition) is 4. The van der Waals surface area contributed by atoms with Crippen LogP contribution in [-0.4, -0.2) is 19.0 Å². The number of allylic oxidation sites excluding steroid dienone is 4. The molecule has 2 aromatic rings. The molecule has 2 atom stereocenters. The minimum atomic E-state index is -2.86. The maximum Gasteiger partial charge on any atom is 0.0814 e. The van der Waals surface area contributed by atoms with E-state index in [2.05, 4.69) is 66.9 Å². The molecule has 0 fully saturated rings. The quantitative estimate of drug-likeness (QED) is 0.729. The number of thiophene rings is 1. The lowest BCUT2D eigenvalue weighted by Crippen LogP contribution is -2.34. The second-order valence-corrected chi connectivity index (χ2v) is 7.57. The SMILES string of the molecule is CCCCC1(c2cccs2)C=CC=C2C1=Nc1ccccc12.O=S([O-])O. The number of nitrogens with zero attached hydrogens (tertiary/aromatic N) is 1. The Bertz CT molecular complexity index is 880. The third kappa shape index (κ3) is 3.64. The fourth-order valence-corrected chi connectivity index (χ4v) is 4.45. The maximum atomic E-state index is 8.56. The van der Waals surface area contributed by atoms with Gasteiger partial charge >= 0.3 is 0 Å². The predicted octanol–water partition coefficient (Wildman–Crippen LogP) is 5.25. The van der Waals surface area contributed by atoms with E-state index in [1.807, 2.05) is 11.3 Å². The molecule has 0 saturated heterocycles. The highest BCUT2D eigenvalue weighted by Crippen LogP contribution is 2.48. The van der Waals surface area contributed by atoms with E-state index in [1.54, 1.807) is 0 Å². The predicted molar refractivity (Wildman–Crippen MR) is 108 cm³/mol. The Kier molecular flexibility index (Phi) is 5.98. The zero-order valence-corrected chi connectivity index (χ0v) is 16.1. The van der Waals surface area contributed by atoms with Gasteiger partial charge in [0.15, 0.2) is 0 Å². The monoisotopic (exact) mass is 386 g/mol. The number of hydrogen-bond donors (Lipinski definition) is 1. The molecule has 0 bridgehead atoms. The molecular formula is C20H20NO3S2-. The topological polar surface area (TPSA) is 72.7 Å². The number of unbranched alkanes of at least 4 members (excludes halogenated alkanes) is 1. The summed E-state index contributed by atoms with van der Waals surface area (Å²) in [5.74, 6) is 0. The summed E-state index contributed by atoms with van der Waals surface area (Å²) in [6.07, 6.45) is 10.4. The van der Waals surface area contributed by atoms with Crippen LogP contribution in [0.1, 0.15) is 36.6 Å². The summed E-state index contributed by atoms with van der Waals surface area (Å²) in [5.41, 5.74) is 4.90. The zero-order valence-electron chi connectivity index (χ0n) is 14.4. The average molecular weight is 387 g/mol. The molecule has 6 heteroatoms. The molecule has 1 aliphatic heterocycles. The van der Waals surface area contributed by atoms with Gasteiger partial charge in [-0.1, -0.05) is 62.3 Å². The summed E-state index contributed by atoms with van der Waals surface area (Å²) in [6.45, 7) is 2.26. The molecule has 2 unspecified atom stereocenters. The van der Waals surface area contributed by atoms with E-state index in [0.717, 1.165) is 12.1 Å². The van der Waals surface area contributed by atoms with Gasteiger partial charge in [-0.15, -0.1) is 11.3 Å². The van der Waals surface area contributed by atoms with Crippen molar-refractivity contribution >= 4 is 39.7 Å². The van der Waals surface area contributed by atoms with Crippen LogP contribution < -0.4 is 0 Å². The Balaban J connectivity index is 0.000000447. The molecule has 0 amide bonds. The molecule has 4 rings (SSSR count). The van der Waals surface area contributed by atoms with E-state index in [0.29, 0.717) is 0 Å². The molecule has 0 saturated carbocycles. The van der Waals surface area contributed by atoms with Crippen molar-refractivity contribution in [2.24, 2.45) is 4.99 Å². The van der Waals surface area contributed by atoms with Gasteiger partial charge in [-0.3, -0.25) is 4.99 Å². The Labute approximate surface area is 160 Å². The smallest absolute Gasteiger partial charge is 0.0814 e. The summed E-state index contributed by atoms with van der Waals surface area (Å²) in [5, 5.41) is 2.18. The van der Waals surface area contributed by atoms with Gasteiger partial charge < -0.3 is 9.11 Å². The summed E-state index contributed by atoms with van der Waals surface area (Å²) >= 11 is -1.01. The molecule has 1 aromatic carbocycles. The van der Waals surface area contributed by atoms with Crippen LogP contribution in [0, 0.1) is 0 Å². The van der Waals surface area contributed by atoms with Crippen LogP contribution in [0.3, 0.4) is 0 Å². The van der Waals surface area contributed by atoms with Crippen molar-refractivity contribution in [2.75, 3.05) is 0 Å². The van der Waals surface area contributed by atoms with Gasteiger partial charge in [-0.25, -0.2) is 4.21 Å². The van der Waals surface area contributed by atoms with Crippen LogP contribution in [0.25, 0.3) is 5.57 Å². The number of para-hydroxylation sites is 1. The van der Waals surface area contributed by atoms with Gasteiger partial charge in [0.1, 0.15) is 0 Å². The first kappa shape index (κ1) is 18.9. The minimum absolute atomic E-state index is 0.0483. The van der Waals surface area contributed by atoms with Crippen molar-refractivity contribution in [1.29, 1.82) is 0 Å². The highest BCUT2D eigenvalue weighted by Gasteiger charge is 2.41. The summed E-state index contributed by atoms with van der Waals surface area (Å²) in [4.78, 5) is 6.45. The summed E-state index contributed by atoms with van der Waals surface area (Å²) < 4.78 is 24.1. The Hall–Kier alpha value is -1.86. The largest absolute Gasteiger partial charge is 0.750 e. The second kappa shape index (κ2) is 8.22. The van der Waals surface area contributed by atoms with E-state index in [4.69, 9.17) is 18.3 Å². The van der Waals surface area contributed by atoms with Crippen molar-refractivity contribution < 1.29 is 13.3 Å². The van der Waals surface area contributed by atoms with Gasteiger partial charge in [-0.2, -0.15) is 0 Å². The minimum Gasteiger partial charge on any atom is -0.750 e. The first-order valence-corrected chi connectivity index (χ1v) is 10.4. The first-order valence-electron chi connectivity index (χ1n) is 8.49. The van der Waals surface area contributed by atoms with Gasteiger partial charge in [0, 0.05) is 16.0 Å². The third-order valence-electron chi connectivity index (χ3n) is 4.63. The van der Waals surface area contributed by atoms with Crippen molar-refractivity contribution in [1.82, 2.24) is 0 Å². The van der Waals surface area contributed by atoms with Crippen LogP contribution in [-0.2, 0) is 16.8 Å². The Morgan fingerprint density at radius 2 is 2.04 bits per heavy atom. The third-order valence-corrected chi connectivity index (χ3v) is 5.68. The fourth-order valence-electron chi connectivity index (χ4n) is 3.52. The lowest BCUT2D eigenvalue weighted by molar-refractivity contribution is 0.436. The molecule has 1 N–H and O–H groups in total. The van der Waals surface area contributed by atoms with Gasteiger partial charge in [-0.05, 0) is 23.9 Å². The van der Waals surface area contributed by atoms with Crippen molar-refractivity contribution in [3.63, 3.8) is 0 Å². The molecular weight excluding hydrogens is 366 g/mol. The number of aliphatic imine (C=N–C) groups is 1. The number of fused-ring (bicyclic) bond motifs is 3. The van der Waals surface area contributed by atoms with E-state index >= 15 is 0 Å². The van der Waals surface area contributed by atoms with E-state index in [9.17, 15) is 0 Å². The summed E-state index contributed by atoms with van der Waals surface area (Å²) in [6, 6.07) is 12.9. The fraction of sp³-hybridized carbons (Fsp3) is 0.250. The Morgan fingerprint density at radius 3 is 2.73 bits per heavy atom. The van der Waals surface area contributed by atoms with Crippen molar-refractivity contribution in [2.45, 2.75) is 31.6 Å². The second-order valence-electron chi connectivity index (χ2n) is 6.19.